The molecule has 1 N–H and O–H groups in total. The van der Waals surface area contributed by atoms with Crippen molar-refractivity contribution >= 4 is 12.4 Å². The van der Waals surface area contributed by atoms with E-state index in [4.69, 9.17) is 4.74 Å². The smallest absolute Gasteiger partial charge is 0.408 e. The Kier molecular flexibility index (Phi) is 6.08. The molecule has 0 aromatic heterocycles. The third-order valence-corrected chi connectivity index (χ3v) is 1.92. The number of hydrogen-bond donors (Lipinski definition) is 1. The van der Waals surface area contributed by atoms with Gasteiger partial charge in [0.25, 0.3) is 0 Å². The third-order valence-electron chi connectivity index (χ3n) is 1.92. The van der Waals surface area contributed by atoms with Gasteiger partial charge >= 0.3 is 6.09 Å². The lowest BCUT2D eigenvalue weighted by atomic mass is 10.0. The van der Waals surface area contributed by atoms with Crippen LogP contribution in [0.25, 0.3) is 0 Å². The number of ether oxygens (including phenoxy) is 1. The Morgan fingerprint density at radius 3 is 2.25 bits per heavy atom. The fourth-order valence-electron chi connectivity index (χ4n) is 1.15. The minimum absolute atomic E-state index is 0.447. The molecule has 4 heteroatoms. The first-order chi connectivity index (χ1) is 7.24. The van der Waals surface area contributed by atoms with Gasteiger partial charge in [-0.15, -0.1) is 0 Å². The predicted molar refractivity (Wildman–Crippen MR) is 63.3 cm³/mol. The van der Waals surface area contributed by atoms with Crippen LogP contribution < -0.4 is 5.32 Å². The fourth-order valence-corrected chi connectivity index (χ4v) is 1.15. The molecule has 0 bridgehead atoms. The van der Waals surface area contributed by atoms with Crippen LogP contribution in [-0.2, 0) is 9.53 Å². The minimum atomic E-state index is -0.534. The van der Waals surface area contributed by atoms with E-state index >= 15 is 0 Å². The van der Waals surface area contributed by atoms with Crippen LogP contribution in [0, 0.1) is 5.92 Å². The highest BCUT2D eigenvalue weighted by Crippen LogP contribution is 2.09. The second kappa shape index (κ2) is 6.51. The summed E-state index contributed by atoms with van der Waals surface area (Å²) >= 11 is 0. The first-order valence-corrected chi connectivity index (χ1v) is 5.69. The number of rotatable bonds is 5. The molecular formula is C12H23NO3. The minimum Gasteiger partial charge on any atom is -0.444 e. The molecular weight excluding hydrogens is 206 g/mol. The average Bonchev–Trinajstić information content (AvgIpc) is 2.08. The van der Waals surface area contributed by atoms with Gasteiger partial charge < -0.3 is 14.8 Å². The number of carbonyl (C=O) groups excluding carboxylic acids is 2. The second-order valence-corrected chi connectivity index (χ2v) is 5.36. The molecule has 0 aliphatic rings. The summed E-state index contributed by atoms with van der Waals surface area (Å²) in [6, 6.07) is -0.447. The van der Waals surface area contributed by atoms with Gasteiger partial charge in [-0.25, -0.2) is 4.79 Å². The Hall–Kier alpha value is -1.06. The van der Waals surface area contributed by atoms with Gasteiger partial charge in [0.1, 0.15) is 11.9 Å². The summed E-state index contributed by atoms with van der Waals surface area (Å²) in [6.45, 7) is 9.52. The summed E-state index contributed by atoms with van der Waals surface area (Å²) in [5.74, 6) is 0.517. The summed E-state index contributed by atoms with van der Waals surface area (Å²) in [5, 5.41) is 2.55. The van der Waals surface area contributed by atoms with E-state index in [1.54, 1.807) is 20.8 Å². The quantitative estimate of drug-likeness (QED) is 0.737. The zero-order chi connectivity index (χ0) is 12.8. The largest absolute Gasteiger partial charge is 0.444 e. The molecule has 1 atom stereocenters. The van der Waals surface area contributed by atoms with E-state index in [9.17, 15) is 9.59 Å². The monoisotopic (exact) mass is 229 g/mol. The van der Waals surface area contributed by atoms with Gasteiger partial charge in [0.05, 0.1) is 6.04 Å². The number of nitrogens with one attached hydrogen (secondary N) is 1. The van der Waals surface area contributed by atoms with E-state index in [1.165, 1.54) is 0 Å². The molecule has 94 valence electrons. The van der Waals surface area contributed by atoms with E-state index in [0.717, 1.165) is 12.7 Å². The van der Waals surface area contributed by atoms with Crippen LogP contribution in [0.3, 0.4) is 0 Å². The maximum Gasteiger partial charge on any atom is 0.408 e. The van der Waals surface area contributed by atoms with Gasteiger partial charge in [0.2, 0.25) is 0 Å². The van der Waals surface area contributed by atoms with Gasteiger partial charge in [-0.05, 0) is 39.5 Å². The topological polar surface area (TPSA) is 55.4 Å². The van der Waals surface area contributed by atoms with Crippen LogP contribution in [0.2, 0.25) is 0 Å². The number of aldehydes is 1. The van der Waals surface area contributed by atoms with E-state index in [1.807, 2.05) is 0 Å². The predicted octanol–water partition coefficient (Wildman–Crippen LogP) is 2.51. The number of amides is 1. The van der Waals surface area contributed by atoms with Crippen LogP contribution >= 0.6 is 0 Å². The lowest BCUT2D eigenvalue weighted by Gasteiger charge is -2.21. The normalized spacial score (nSPS) is 13.4. The Bertz CT molecular complexity index is 231. The zero-order valence-electron chi connectivity index (χ0n) is 10.9. The molecule has 0 spiro atoms. The lowest BCUT2D eigenvalue weighted by Crippen LogP contribution is -2.40. The van der Waals surface area contributed by atoms with Crippen molar-refractivity contribution in [1.29, 1.82) is 0 Å². The molecule has 4 nitrogen and oxygen atoms in total. The number of hydrogen-bond acceptors (Lipinski definition) is 3. The Morgan fingerprint density at radius 1 is 1.31 bits per heavy atom. The molecule has 0 saturated carbocycles. The van der Waals surface area contributed by atoms with Gasteiger partial charge in [-0.1, -0.05) is 13.8 Å². The summed E-state index contributed by atoms with van der Waals surface area (Å²) < 4.78 is 5.07. The summed E-state index contributed by atoms with van der Waals surface area (Å²) in [4.78, 5) is 22.1. The van der Waals surface area contributed by atoms with Crippen molar-refractivity contribution in [2.75, 3.05) is 0 Å². The molecule has 0 aliphatic carbocycles. The second-order valence-electron chi connectivity index (χ2n) is 5.36. The van der Waals surface area contributed by atoms with Gasteiger partial charge in [-0.3, -0.25) is 0 Å². The van der Waals surface area contributed by atoms with E-state index in [2.05, 4.69) is 19.2 Å². The van der Waals surface area contributed by atoms with Crippen LogP contribution in [0.15, 0.2) is 0 Å². The summed E-state index contributed by atoms with van der Waals surface area (Å²) in [5.41, 5.74) is -0.532. The van der Waals surface area contributed by atoms with Crippen LogP contribution in [-0.4, -0.2) is 24.0 Å². The van der Waals surface area contributed by atoms with Crippen molar-refractivity contribution in [3.63, 3.8) is 0 Å². The van der Waals surface area contributed by atoms with Crippen molar-refractivity contribution in [3.8, 4) is 0 Å². The molecule has 0 aromatic rings. The van der Waals surface area contributed by atoms with Crippen molar-refractivity contribution in [3.05, 3.63) is 0 Å². The van der Waals surface area contributed by atoms with Crippen molar-refractivity contribution in [1.82, 2.24) is 5.32 Å². The zero-order valence-corrected chi connectivity index (χ0v) is 10.9. The molecule has 0 fully saturated rings. The molecule has 0 saturated heterocycles. The molecule has 1 amide bonds. The number of carbonyl (C=O) groups is 2. The summed E-state index contributed by atoms with van der Waals surface area (Å²) in [6.07, 6.45) is 1.78. The Balaban J connectivity index is 4.02. The fraction of sp³-hybridized carbons (Fsp3) is 0.833. The highest BCUT2D eigenvalue weighted by atomic mass is 16.6. The average molecular weight is 229 g/mol. The molecule has 16 heavy (non-hydrogen) atoms. The maximum absolute atomic E-state index is 11.4. The van der Waals surface area contributed by atoms with Gasteiger partial charge in [-0.2, -0.15) is 0 Å². The highest BCUT2D eigenvalue weighted by Gasteiger charge is 2.19. The first kappa shape index (κ1) is 14.9. The lowest BCUT2D eigenvalue weighted by molar-refractivity contribution is -0.109. The Morgan fingerprint density at radius 2 is 1.88 bits per heavy atom. The molecule has 0 aliphatic heterocycles. The van der Waals surface area contributed by atoms with E-state index in [-0.39, 0.29) is 0 Å². The van der Waals surface area contributed by atoms with Gasteiger partial charge in [0.15, 0.2) is 0 Å². The van der Waals surface area contributed by atoms with Crippen molar-refractivity contribution in [2.24, 2.45) is 5.92 Å². The summed E-state index contributed by atoms with van der Waals surface area (Å²) in [7, 11) is 0. The highest BCUT2D eigenvalue weighted by molar-refractivity contribution is 5.73. The SMILES string of the molecule is CC(C)CCC(C=O)NC(=O)OC(C)(C)C. The molecule has 0 heterocycles. The maximum atomic E-state index is 11.4. The third kappa shape index (κ3) is 8.26. The van der Waals surface area contributed by atoms with E-state index in [0.29, 0.717) is 12.3 Å². The standard InChI is InChI=1S/C12H23NO3/c1-9(2)6-7-10(8-14)13-11(15)16-12(3,4)5/h8-10H,6-7H2,1-5H3,(H,13,15). The first-order valence-electron chi connectivity index (χ1n) is 5.69. The molecule has 0 aromatic carbocycles. The van der Waals surface area contributed by atoms with Gasteiger partial charge in [0, 0.05) is 0 Å². The van der Waals surface area contributed by atoms with E-state index < -0.39 is 17.7 Å². The number of alkyl carbamates (subject to hydrolysis) is 1. The molecule has 0 radical (unpaired) electrons. The molecule has 1 unspecified atom stereocenters. The van der Waals surface area contributed by atoms with Crippen LogP contribution in [0.4, 0.5) is 4.79 Å². The Labute approximate surface area is 97.7 Å². The van der Waals surface area contributed by atoms with Crippen LogP contribution in [0.1, 0.15) is 47.5 Å². The van der Waals surface area contributed by atoms with Crippen molar-refractivity contribution < 1.29 is 14.3 Å². The van der Waals surface area contributed by atoms with Crippen molar-refractivity contribution in [2.45, 2.75) is 59.1 Å². The van der Waals surface area contributed by atoms with Crippen LogP contribution in [0.5, 0.6) is 0 Å². The molecule has 0 rings (SSSR count).